The fourth-order valence-electron chi connectivity index (χ4n) is 2.99. The van der Waals surface area contributed by atoms with Gasteiger partial charge in [-0.25, -0.2) is 9.18 Å². The van der Waals surface area contributed by atoms with Crippen LogP contribution in [0.5, 0.6) is 5.75 Å². The molecule has 2 atom stereocenters. The van der Waals surface area contributed by atoms with E-state index in [1.165, 1.54) is 45.4 Å². The molecule has 0 fully saturated rings. The molecule has 0 spiro atoms. The number of hydrogen-bond acceptors (Lipinski definition) is 5. The van der Waals surface area contributed by atoms with E-state index < -0.39 is 35.7 Å². The second kappa shape index (κ2) is 11.3. The lowest BCUT2D eigenvalue weighted by Crippen LogP contribution is -2.53. The summed E-state index contributed by atoms with van der Waals surface area (Å²) in [4.78, 5) is 36.8. The van der Waals surface area contributed by atoms with Gasteiger partial charge in [0.1, 0.15) is 23.7 Å². The van der Waals surface area contributed by atoms with Crippen LogP contribution in [-0.2, 0) is 32.0 Å². The van der Waals surface area contributed by atoms with Crippen molar-refractivity contribution >= 4 is 29.4 Å². The molecule has 0 bridgehead atoms. The van der Waals surface area contributed by atoms with Gasteiger partial charge in [-0.15, -0.1) is 0 Å². The molecule has 31 heavy (non-hydrogen) atoms. The number of amides is 2. The van der Waals surface area contributed by atoms with Crippen LogP contribution in [0.1, 0.15) is 18.1 Å². The number of carbonyl (C=O) groups is 3. The van der Waals surface area contributed by atoms with Crippen molar-refractivity contribution in [2.75, 3.05) is 14.2 Å². The van der Waals surface area contributed by atoms with E-state index in [9.17, 15) is 18.8 Å². The van der Waals surface area contributed by atoms with Crippen molar-refractivity contribution in [2.45, 2.75) is 31.8 Å². The summed E-state index contributed by atoms with van der Waals surface area (Å²) in [5.41, 5.74) is 1.32. The van der Waals surface area contributed by atoms with Crippen molar-refractivity contribution in [3.05, 3.63) is 64.4 Å². The Morgan fingerprint density at radius 3 is 2.13 bits per heavy atom. The Balaban J connectivity index is 2.18. The first-order valence-electron chi connectivity index (χ1n) is 9.45. The molecule has 0 saturated carbocycles. The monoisotopic (exact) mass is 450 g/mol. The number of halogens is 2. The third-order valence-electron chi connectivity index (χ3n) is 4.51. The first kappa shape index (κ1) is 24.1. The minimum absolute atomic E-state index is 0.117. The van der Waals surface area contributed by atoms with Crippen LogP contribution in [0.25, 0.3) is 0 Å². The van der Waals surface area contributed by atoms with Crippen molar-refractivity contribution < 1.29 is 28.2 Å². The Morgan fingerprint density at radius 2 is 1.58 bits per heavy atom. The molecule has 2 aromatic carbocycles. The van der Waals surface area contributed by atoms with Gasteiger partial charge >= 0.3 is 5.97 Å². The SMILES string of the molecule is COC(=O)[C@H](Cc1ccc(OC)c(Cl)c1)NC(=O)[C@@H](Cc1ccc(F)cc1)NC(C)=O. The van der Waals surface area contributed by atoms with Gasteiger partial charge in [-0.2, -0.15) is 0 Å². The number of hydrogen-bond donors (Lipinski definition) is 2. The van der Waals surface area contributed by atoms with Gasteiger partial charge in [0.05, 0.1) is 19.2 Å². The molecule has 0 aliphatic rings. The second-order valence-corrected chi connectivity index (χ2v) is 7.25. The lowest BCUT2D eigenvalue weighted by Gasteiger charge is -2.22. The first-order chi connectivity index (χ1) is 14.7. The zero-order chi connectivity index (χ0) is 23.0. The average Bonchev–Trinajstić information content (AvgIpc) is 2.73. The van der Waals surface area contributed by atoms with E-state index in [1.54, 1.807) is 18.2 Å². The standard InChI is InChI=1S/C22H24ClFN2O5/c1-13(27)25-18(11-14-4-7-16(24)8-5-14)21(28)26-19(22(29)31-3)12-15-6-9-20(30-2)17(23)10-15/h4-10,18-19H,11-12H2,1-3H3,(H,25,27)(H,26,28)/t18-,19+/m1/s1. The topological polar surface area (TPSA) is 93.7 Å². The summed E-state index contributed by atoms with van der Waals surface area (Å²) < 4.78 is 23.1. The van der Waals surface area contributed by atoms with Crippen LogP contribution in [0.15, 0.2) is 42.5 Å². The number of methoxy groups -OCH3 is 2. The van der Waals surface area contributed by atoms with Crippen LogP contribution in [0.3, 0.4) is 0 Å². The van der Waals surface area contributed by atoms with Gasteiger partial charge in [0, 0.05) is 19.8 Å². The normalized spacial score (nSPS) is 12.4. The van der Waals surface area contributed by atoms with Crippen molar-refractivity contribution in [3.8, 4) is 5.75 Å². The van der Waals surface area contributed by atoms with Gasteiger partial charge in [-0.05, 0) is 35.4 Å². The lowest BCUT2D eigenvalue weighted by molar-refractivity contribution is -0.145. The summed E-state index contributed by atoms with van der Waals surface area (Å²) in [7, 11) is 2.70. The van der Waals surface area contributed by atoms with Gasteiger partial charge < -0.3 is 20.1 Å². The molecule has 0 aromatic heterocycles. The molecule has 0 unspecified atom stereocenters. The van der Waals surface area contributed by atoms with Gasteiger partial charge in [0.15, 0.2) is 0 Å². The molecule has 9 heteroatoms. The Bertz CT molecular complexity index is 936. The minimum atomic E-state index is -1.01. The summed E-state index contributed by atoms with van der Waals surface area (Å²) in [6.45, 7) is 1.28. The van der Waals surface area contributed by atoms with Crippen LogP contribution >= 0.6 is 11.6 Å². The van der Waals surface area contributed by atoms with E-state index in [4.69, 9.17) is 21.1 Å². The molecule has 0 saturated heterocycles. The van der Waals surface area contributed by atoms with E-state index in [1.807, 2.05) is 0 Å². The summed E-state index contributed by atoms with van der Waals surface area (Å²) in [6.07, 6.45) is 0.236. The molecule has 7 nitrogen and oxygen atoms in total. The molecule has 2 aromatic rings. The summed E-state index contributed by atoms with van der Waals surface area (Å²) in [6, 6.07) is 8.61. The second-order valence-electron chi connectivity index (χ2n) is 6.84. The number of esters is 1. The van der Waals surface area contributed by atoms with Gasteiger partial charge in [-0.1, -0.05) is 29.8 Å². The lowest BCUT2D eigenvalue weighted by atomic mass is 10.0. The highest BCUT2D eigenvalue weighted by atomic mass is 35.5. The molecule has 0 radical (unpaired) electrons. The highest BCUT2D eigenvalue weighted by Gasteiger charge is 2.27. The zero-order valence-corrected chi connectivity index (χ0v) is 18.2. The van der Waals surface area contributed by atoms with E-state index in [-0.39, 0.29) is 12.8 Å². The van der Waals surface area contributed by atoms with Crippen LogP contribution in [-0.4, -0.2) is 44.1 Å². The Hall–Kier alpha value is -3.13. The molecule has 2 N–H and O–H groups in total. The van der Waals surface area contributed by atoms with Crippen LogP contribution in [0, 0.1) is 5.82 Å². The molecule has 2 amide bonds. The highest BCUT2D eigenvalue weighted by molar-refractivity contribution is 6.32. The summed E-state index contributed by atoms with van der Waals surface area (Å²) in [5.74, 6) is -1.57. The van der Waals surface area contributed by atoms with Crippen molar-refractivity contribution in [1.29, 1.82) is 0 Å². The largest absolute Gasteiger partial charge is 0.495 e. The fraction of sp³-hybridized carbons (Fsp3) is 0.318. The Labute approximate surface area is 184 Å². The highest BCUT2D eigenvalue weighted by Crippen LogP contribution is 2.25. The number of benzene rings is 2. The van der Waals surface area contributed by atoms with Gasteiger partial charge in [0.25, 0.3) is 0 Å². The van der Waals surface area contributed by atoms with E-state index in [0.29, 0.717) is 21.9 Å². The quantitative estimate of drug-likeness (QED) is 0.572. The molecule has 2 rings (SSSR count). The summed E-state index contributed by atoms with van der Waals surface area (Å²) >= 11 is 6.14. The third kappa shape index (κ3) is 7.25. The maximum atomic E-state index is 13.2. The fourth-order valence-corrected chi connectivity index (χ4v) is 3.27. The molecule has 0 heterocycles. The number of nitrogens with one attached hydrogen (secondary N) is 2. The molecule has 0 aliphatic heterocycles. The number of ether oxygens (including phenoxy) is 2. The molecule has 166 valence electrons. The number of carbonyl (C=O) groups excluding carboxylic acids is 3. The van der Waals surface area contributed by atoms with Crippen molar-refractivity contribution in [2.24, 2.45) is 0 Å². The van der Waals surface area contributed by atoms with Crippen LogP contribution in [0.2, 0.25) is 5.02 Å². The smallest absolute Gasteiger partial charge is 0.328 e. The predicted octanol–water partition coefficient (Wildman–Crippen LogP) is 2.44. The van der Waals surface area contributed by atoms with Crippen LogP contribution in [0.4, 0.5) is 4.39 Å². The summed E-state index contributed by atoms with van der Waals surface area (Å²) in [5, 5.41) is 5.55. The van der Waals surface area contributed by atoms with Crippen molar-refractivity contribution in [3.63, 3.8) is 0 Å². The average molecular weight is 451 g/mol. The van der Waals surface area contributed by atoms with E-state index in [0.717, 1.165) is 0 Å². The minimum Gasteiger partial charge on any atom is -0.495 e. The maximum Gasteiger partial charge on any atom is 0.328 e. The van der Waals surface area contributed by atoms with E-state index in [2.05, 4.69) is 10.6 Å². The predicted molar refractivity (Wildman–Crippen MR) is 113 cm³/mol. The van der Waals surface area contributed by atoms with E-state index >= 15 is 0 Å². The van der Waals surface area contributed by atoms with Gasteiger partial charge in [-0.3, -0.25) is 9.59 Å². The Morgan fingerprint density at radius 1 is 0.968 bits per heavy atom. The third-order valence-corrected chi connectivity index (χ3v) is 4.80. The molecular weight excluding hydrogens is 427 g/mol. The van der Waals surface area contributed by atoms with Crippen molar-refractivity contribution in [1.82, 2.24) is 10.6 Å². The Kier molecular flexibility index (Phi) is 8.81. The first-order valence-corrected chi connectivity index (χ1v) is 9.83. The van der Waals surface area contributed by atoms with Crippen LogP contribution < -0.4 is 15.4 Å². The zero-order valence-electron chi connectivity index (χ0n) is 17.4. The van der Waals surface area contributed by atoms with Gasteiger partial charge in [0.2, 0.25) is 11.8 Å². The maximum absolute atomic E-state index is 13.2. The number of rotatable bonds is 9. The molecular formula is C22H24ClFN2O5. The molecule has 0 aliphatic carbocycles.